The highest BCUT2D eigenvalue weighted by atomic mass is 16.5. The molecule has 0 aromatic rings. The molecule has 0 aliphatic heterocycles. The van der Waals surface area contributed by atoms with Crippen molar-refractivity contribution in [2.75, 3.05) is 0 Å². The molecular weight excluding hydrogens is 204 g/mol. The molecule has 0 spiro atoms. The molecule has 0 amide bonds. The topological polar surface area (TPSA) is 43.4 Å². The molecule has 1 saturated carbocycles. The minimum absolute atomic E-state index is 0.0555. The molecule has 3 heteroatoms. The van der Waals surface area contributed by atoms with E-state index in [9.17, 15) is 9.59 Å². The van der Waals surface area contributed by atoms with Crippen LogP contribution in [0.1, 0.15) is 52.9 Å². The first-order chi connectivity index (χ1) is 7.50. The summed E-state index contributed by atoms with van der Waals surface area (Å²) in [5, 5.41) is 0. The fourth-order valence-corrected chi connectivity index (χ4v) is 2.38. The van der Waals surface area contributed by atoms with Crippen LogP contribution in [0.2, 0.25) is 0 Å². The summed E-state index contributed by atoms with van der Waals surface area (Å²) in [5.74, 6) is 0.390. The number of ether oxygens (including phenoxy) is 1. The van der Waals surface area contributed by atoms with Crippen LogP contribution in [0, 0.1) is 11.8 Å². The van der Waals surface area contributed by atoms with Crippen molar-refractivity contribution in [1.29, 1.82) is 0 Å². The van der Waals surface area contributed by atoms with E-state index in [1.54, 1.807) is 0 Å². The third-order valence-corrected chi connectivity index (χ3v) is 3.07. The van der Waals surface area contributed by atoms with E-state index in [2.05, 4.69) is 13.8 Å². The second-order valence-electron chi connectivity index (χ2n) is 5.10. The quantitative estimate of drug-likeness (QED) is 0.692. The van der Waals surface area contributed by atoms with Crippen molar-refractivity contribution in [2.24, 2.45) is 11.8 Å². The maximum Gasteiger partial charge on any atom is 0.302 e. The highest BCUT2D eigenvalue weighted by Gasteiger charge is 2.32. The highest BCUT2D eigenvalue weighted by molar-refractivity contribution is 5.82. The van der Waals surface area contributed by atoms with Gasteiger partial charge in [-0.2, -0.15) is 0 Å². The predicted molar refractivity (Wildman–Crippen MR) is 62.0 cm³/mol. The fraction of sp³-hybridized carbons (Fsp3) is 0.846. The van der Waals surface area contributed by atoms with Gasteiger partial charge in [0, 0.05) is 13.3 Å². The number of rotatable bonds is 4. The molecule has 1 fully saturated rings. The van der Waals surface area contributed by atoms with Crippen LogP contribution in [-0.2, 0) is 14.3 Å². The van der Waals surface area contributed by atoms with Crippen LogP contribution >= 0.6 is 0 Å². The monoisotopic (exact) mass is 226 g/mol. The van der Waals surface area contributed by atoms with Gasteiger partial charge in [0.15, 0.2) is 0 Å². The Kier molecular flexibility index (Phi) is 4.97. The third kappa shape index (κ3) is 3.95. The van der Waals surface area contributed by atoms with Crippen LogP contribution in [0.5, 0.6) is 0 Å². The molecule has 0 aromatic carbocycles. The number of hydrogen-bond acceptors (Lipinski definition) is 3. The van der Waals surface area contributed by atoms with Crippen molar-refractivity contribution in [2.45, 2.75) is 59.0 Å². The van der Waals surface area contributed by atoms with Crippen molar-refractivity contribution in [3.8, 4) is 0 Å². The second kappa shape index (κ2) is 6.02. The molecule has 92 valence electrons. The van der Waals surface area contributed by atoms with Gasteiger partial charge in [0.2, 0.25) is 0 Å². The van der Waals surface area contributed by atoms with E-state index in [1.165, 1.54) is 6.92 Å². The van der Waals surface area contributed by atoms with Gasteiger partial charge in [-0.15, -0.1) is 0 Å². The number of carbonyl (C=O) groups is 2. The van der Waals surface area contributed by atoms with Crippen LogP contribution in [0.15, 0.2) is 0 Å². The number of Topliss-reactive ketones (excluding diaryl/α,β-unsaturated/α-hetero) is 1. The molecule has 1 rings (SSSR count). The minimum atomic E-state index is -0.274. The summed E-state index contributed by atoms with van der Waals surface area (Å²) in [7, 11) is 0. The first-order valence-corrected chi connectivity index (χ1v) is 6.20. The Morgan fingerprint density at radius 1 is 1.44 bits per heavy atom. The maximum atomic E-state index is 11.8. The van der Waals surface area contributed by atoms with Gasteiger partial charge in [-0.05, 0) is 25.2 Å². The Bertz CT molecular complexity index is 258. The molecule has 2 atom stereocenters. The molecule has 3 nitrogen and oxygen atoms in total. The van der Waals surface area contributed by atoms with E-state index in [0.717, 1.165) is 25.7 Å². The lowest BCUT2D eigenvalue weighted by molar-refractivity contribution is -0.153. The maximum absolute atomic E-state index is 11.8. The van der Waals surface area contributed by atoms with Gasteiger partial charge in [-0.1, -0.05) is 20.3 Å². The first kappa shape index (κ1) is 13.2. The summed E-state index contributed by atoms with van der Waals surface area (Å²) < 4.78 is 5.31. The largest absolute Gasteiger partial charge is 0.462 e. The number of ketones is 1. The van der Waals surface area contributed by atoms with Crippen molar-refractivity contribution >= 4 is 11.8 Å². The molecule has 1 aliphatic carbocycles. The first-order valence-electron chi connectivity index (χ1n) is 6.20. The molecule has 2 unspecified atom stereocenters. The summed E-state index contributed by atoms with van der Waals surface area (Å²) in [4.78, 5) is 22.9. The number of carbonyl (C=O) groups excluding carboxylic acids is 2. The lowest BCUT2D eigenvalue weighted by atomic mass is 9.81. The van der Waals surface area contributed by atoms with Gasteiger partial charge in [0.25, 0.3) is 0 Å². The van der Waals surface area contributed by atoms with Crippen LogP contribution in [0.4, 0.5) is 0 Å². The molecule has 0 radical (unpaired) electrons. The Labute approximate surface area is 97.5 Å². The number of hydrogen-bond donors (Lipinski definition) is 0. The molecule has 0 heterocycles. The molecule has 16 heavy (non-hydrogen) atoms. The summed E-state index contributed by atoms with van der Waals surface area (Å²) in [6.45, 7) is 5.59. The van der Waals surface area contributed by atoms with Gasteiger partial charge in [0.05, 0.1) is 5.92 Å². The zero-order chi connectivity index (χ0) is 12.1. The minimum Gasteiger partial charge on any atom is -0.462 e. The molecule has 0 aromatic heterocycles. The van der Waals surface area contributed by atoms with Gasteiger partial charge >= 0.3 is 5.97 Å². The van der Waals surface area contributed by atoms with Crippen LogP contribution in [-0.4, -0.2) is 17.9 Å². The van der Waals surface area contributed by atoms with Crippen LogP contribution < -0.4 is 0 Å². The van der Waals surface area contributed by atoms with Crippen LogP contribution in [0.25, 0.3) is 0 Å². The normalized spacial score (nSPS) is 23.2. The average molecular weight is 226 g/mol. The van der Waals surface area contributed by atoms with Crippen molar-refractivity contribution in [3.05, 3.63) is 0 Å². The van der Waals surface area contributed by atoms with E-state index in [-0.39, 0.29) is 23.8 Å². The highest BCUT2D eigenvalue weighted by Crippen LogP contribution is 2.28. The van der Waals surface area contributed by atoms with E-state index >= 15 is 0 Å². The van der Waals surface area contributed by atoms with Crippen molar-refractivity contribution in [3.63, 3.8) is 0 Å². The lowest BCUT2D eigenvalue weighted by Gasteiger charge is -2.29. The summed E-state index contributed by atoms with van der Waals surface area (Å²) >= 11 is 0. The average Bonchev–Trinajstić information content (AvgIpc) is 2.15. The molecule has 1 aliphatic rings. The van der Waals surface area contributed by atoms with Gasteiger partial charge in [-0.3, -0.25) is 9.59 Å². The molecule has 0 saturated heterocycles. The van der Waals surface area contributed by atoms with E-state index < -0.39 is 0 Å². The van der Waals surface area contributed by atoms with Crippen LogP contribution in [0.3, 0.4) is 0 Å². The summed E-state index contributed by atoms with van der Waals surface area (Å²) in [6.07, 6.45) is 4.18. The Morgan fingerprint density at radius 3 is 2.62 bits per heavy atom. The van der Waals surface area contributed by atoms with Gasteiger partial charge in [0.1, 0.15) is 11.9 Å². The smallest absolute Gasteiger partial charge is 0.302 e. The predicted octanol–water partition coefficient (Wildman–Crippen LogP) is 2.72. The van der Waals surface area contributed by atoms with Crippen molar-refractivity contribution in [1.82, 2.24) is 0 Å². The summed E-state index contributed by atoms with van der Waals surface area (Å²) in [5.41, 5.74) is 0. The second-order valence-corrected chi connectivity index (χ2v) is 5.10. The SMILES string of the molecule is CC(=O)OC(CC(C)C)C1CCCCC1=O. The summed E-state index contributed by atoms with van der Waals surface area (Å²) in [6, 6.07) is 0. The van der Waals surface area contributed by atoms with Gasteiger partial charge < -0.3 is 4.74 Å². The van der Waals surface area contributed by atoms with E-state index in [4.69, 9.17) is 4.74 Å². The van der Waals surface area contributed by atoms with Gasteiger partial charge in [-0.25, -0.2) is 0 Å². The number of esters is 1. The zero-order valence-corrected chi connectivity index (χ0v) is 10.5. The fourth-order valence-electron chi connectivity index (χ4n) is 2.38. The van der Waals surface area contributed by atoms with E-state index in [1.807, 2.05) is 0 Å². The third-order valence-electron chi connectivity index (χ3n) is 3.07. The standard InChI is InChI=1S/C13H22O3/c1-9(2)8-13(16-10(3)14)11-6-4-5-7-12(11)15/h9,11,13H,4-8H2,1-3H3. The molecular formula is C13H22O3. The Morgan fingerprint density at radius 2 is 2.12 bits per heavy atom. The molecule has 0 bridgehead atoms. The Balaban J connectivity index is 2.65. The van der Waals surface area contributed by atoms with E-state index in [0.29, 0.717) is 12.3 Å². The lowest BCUT2D eigenvalue weighted by Crippen LogP contribution is -2.35. The zero-order valence-electron chi connectivity index (χ0n) is 10.5. The Hall–Kier alpha value is -0.860. The van der Waals surface area contributed by atoms with Crippen molar-refractivity contribution < 1.29 is 14.3 Å². The molecule has 0 N–H and O–H groups in total.